The van der Waals surface area contributed by atoms with E-state index in [0.717, 1.165) is 31.5 Å². The topological polar surface area (TPSA) is 38.8 Å². The number of amides is 1. The molecule has 136 valence electrons. The molecule has 0 atom stereocenters. The lowest BCUT2D eigenvalue weighted by Crippen LogP contribution is -2.36. The molecule has 4 nitrogen and oxygen atoms in total. The van der Waals surface area contributed by atoms with E-state index in [0.29, 0.717) is 17.4 Å². The molecule has 1 amide bonds. The number of piperidine rings is 1. The SMILES string of the molecule is COc1cc(/C=C/C(=O)N2CCC(c3ccccc3)CC2)cc(OC)c1. The molecule has 0 aromatic heterocycles. The van der Waals surface area contributed by atoms with Gasteiger partial charge in [-0.15, -0.1) is 0 Å². The van der Waals surface area contributed by atoms with E-state index in [1.165, 1.54) is 5.56 Å². The van der Waals surface area contributed by atoms with Crippen LogP contribution in [0.15, 0.2) is 54.6 Å². The second kappa shape index (κ2) is 8.56. The summed E-state index contributed by atoms with van der Waals surface area (Å²) in [4.78, 5) is 14.4. The van der Waals surface area contributed by atoms with Gasteiger partial charge in [-0.25, -0.2) is 0 Å². The number of nitrogens with zero attached hydrogens (tertiary/aromatic N) is 1. The highest BCUT2D eigenvalue weighted by molar-refractivity contribution is 5.92. The first-order valence-corrected chi connectivity index (χ1v) is 8.94. The van der Waals surface area contributed by atoms with Crippen LogP contribution in [-0.2, 0) is 4.79 Å². The zero-order valence-corrected chi connectivity index (χ0v) is 15.4. The first kappa shape index (κ1) is 18.1. The molecule has 1 heterocycles. The van der Waals surface area contributed by atoms with E-state index < -0.39 is 0 Å². The maximum Gasteiger partial charge on any atom is 0.246 e. The highest BCUT2D eigenvalue weighted by Gasteiger charge is 2.22. The highest BCUT2D eigenvalue weighted by atomic mass is 16.5. The van der Waals surface area contributed by atoms with Crippen molar-refractivity contribution in [1.82, 2.24) is 4.90 Å². The first-order valence-electron chi connectivity index (χ1n) is 8.94. The van der Waals surface area contributed by atoms with Gasteiger partial charge in [-0.3, -0.25) is 4.79 Å². The van der Waals surface area contributed by atoms with Crippen LogP contribution in [0.3, 0.4) is 0 Å². The Bertz CT molecular complexity index is 740. The highest BCUT2D eigenvalue weighted by Crippen LogP contribution is 2.28. The minimum atomic E-state index is 0.0540. The van der Waals surface area contributed by atoms with Gasteiger partial charge < -0.3 is 14.4 Å². The number of hydrogen-bond acceptors (Lipinski definition) is 3. The van der Waals surface area contributed by atoms with Crippen molar-refractivity contribution in [1.29, 1.82) is 0 Å². The summed E-state index contributed by atoms with van der Waals surface area (Å²) >= 11 is 0. The molecule has 0 spiro atoms. The molecule has 26 heavy (non-hydrogen) atoms. The Hall–Kier alpha value is -2.75. The van der Waals surface area contributed by atoms with Crippen molar-refractivity contribution in [2.75, 3.05) is 27.3 Å². The average molecular weight is 351 g/mol. The van der Waals surface area contributed by atoms with E-state index in [-0.39, 0.29) is 5.91 Å². The maximum absolute atomic E-state index is 12.5. The molecule has 1 fully saturated rings. The number of rotatable bonds is 5. The van der Waals surface area contributed by atoms with Crippen molar-refractivity contribution < 1.29 is 14.3 Å². The van der Waals surface area contributed by atoms with Crippen LogP contribution in [0, 0.1) is 0 Å². The Labute approximate surface area is 155 Å². The lowest BCUT2D eigenvalue weighted by molar-refractivity contribution is -0.126. The van der Waals surface area contributed by atoms with Gasteiger partial charge in [-0.1, -0.05) is 30.3 Å². The second-order valence-electron chi connectivity index (χ2n) is 6.49. The quantitative estimate of drug-likeness (QED) is 0.761. The van der Waals surface area contributed by atoms with Crippen molar-refractivity contribution in [2.45, 2.75) is 18.8 Å². The van der Waals surface area contributed by atoms with E-state index in [1.54, 1.807) is 20.3 Å². The van der Waals surface area contributed by atoms with Crippen molar-refractivity contribution >= 4 is 12.0 Å². The number of benzene rings is 2. The fourth-order valence-corrected chi connectivity index (χ4v) is 3.36. The second-order valence-corrected chi connectivity index (χ2v) is 6.49. The molecule has 2 aromatic carbocycles. The van der Waals surface area contributed by atoms with E-state index in [4.69, 9.17) is 9.47 Å². The van der Waals surface area contributed by atoms with Gasteiger partial charge in [0, 0.05) is 25.2 Å². The molecule has 1 aliphatic rings. The van der Waals surface area contributed by atoms with Crippen LogP contribution in [0.4, 0.5) is 0 Å². The van der Waals surface area contributed by atoms with Crippen molar-refractivity contribution in [3.63, 3.8) is 0 Å². The lowest BCUT2D eigenvalue weighted by atomic mass is 9.89. The van der Waals surface area contributed by atoms with Gasteiger partial charge in [0.1, 0.15) is 11.5 Å². The van der Waals surface area contributed by atoms with Gasteiger partial charge in [0.05, 0.1) is 14.2 Å². The summed E-state index contributed by atoms with van der Waals surface area (Å²) in [5, 5.41) is 0. The van der Waals surface area contributed by atoms with Crippen LogP contribution in [0.5, 0.6) is 11.5 Å². The van der Waals surface area contributed by atoms with Crippen molar-refractivity contribution in [3.05, 3.63) is 65.7 Å². The predicted molar refractivity (Wildman–Crippen MR) is 104 cm³/mol. The Morgan fingerprint density at radius 3 is 2.19 bits per heavy atom. The number of hydrogen-bond donors (Lipinski definition) is 0. The van der Waals surface area contributed by atoms with E-state index in [9.17, 15) is 4.79 Å². The zero-order valence-electron chi connectivity index (χ0n) is 15.4. The Kier molecular flexibility index (Phi) is 5.95. The summed E-state index contributed by atoms with van der Waals surface area (Å²) in [7, 11) is 3.23. The van der Waals surface area contributed by atoms with Crippen molar-refractivity contribution in [3.8, 4) is 11.5 Å². The van der Waals surface area contributed by atoms with E-state index in [2.05, 4.69) is 24.3 Å². The molecule has 4 heteroatoms. The molecule has 0 radical (unpaired) electrons. The molecule has 0 bridgehead atoms. The molecule has 0 aliphatic carbocycles. The average Bonchev–Trinajstić information content (AvgIpc) is 2.72. The molecule has 2 aromatic rings. The lowest BCUT2D eigenvalue weighted by Gasteiger charge is -2.31. The fraction of sp³-hybridized carbons (Fsp3) is 0.318. The largest absolute Gasteiger partial charge is 0.497 e. The summed E-state index contributed by atoms with van der Waals surface area (Å²) in [5.41, 5.74) is 2.26. The third kappa shape index (κ3) is 4.45. The molecule has 0 saturated carbocycles. The third-order valence-corrected chi connectivity index (χ3v) is 4.87. The summed E-state index contributed by atoms with van der Waals surface area (Å²) in [6, 6.07) is 16.1. The number of carbonyl (C=O) groups is 1. The third-order valence-electron chi connectivity index (χ3n) is 4.87. The van der Waals surface area contributed by atoms with E-state index in [1.807, 2.05) is 35.2 Å². The molecule has 1 saturated heterocycles. The number of likely N-dealkylation sites (tertiary alicyclic amines) is 1. The smallest absolute Gasteiger partial charge is 0.246 e. The number of carbonyl (C=O) groups excluding carboxylic acids is 1. The molecule has 3 rings (SSSR count). The molecule has 0 unspecified atom stereocenters. The monoisotopic (exact) mass is 351 g/mol. The van der Waals surface area contributed by atoms with E-state index >= 15 is 0 Å². The minimum Gasteiger partial charge on any atom is -0.497 e. The fourth-order valence-electron chi connectivity index (χ4n) is 3.36. The van der Waals surface area contributed by atoms with Gasteiger partial charge in [0.2, 0.25) is 5.91 Å². The molecule has 0 N–H and O–H groups in total. The maximum atomic E-state index is 12.5. The van der Waals surface area contributed by atoms with Gasteiger partial charge in [-0.05, 0) is 48.1 Å². The normalized spacial score (nSPS) is 15.2. The number of methoxy groups -OCH3 is 2. The van der Waals surface area contributed by atoms with Crippen molar-refractivity contribution in [2.24, 2.45) is 0 Å². The summed E-state index contributed by atoms with van der Waals surface area (Å²) in [6.45, 7) is 1.59. The van der Waals surface area contributed by atoms with Crippen LogP contribution in [-0.4, -0.2) is 38.1 Å². The van der Waals surface area contributed by atoms with Gasteiger partial charge in [-0.2, -0.15) is 0 Å². The van der Waals surface area contributed by atoms with Crippen LogP contribution >= 0.6 is 0 Å². The summed E-state index contributed by atoms with van der Waals surface area (Å²) < 4.78 is 10.5. The standard InChI is InChI=1S/C22H25NO3/c1-25-20-14-17(15-21(16-20)26-2)8-9-22(24)23-12-10-19(11-13-23)18-6-4-3-5-7-18/h3-9,14-16,19H,10-13H2,1-2H3/b9-8+. The number of ether oxygens (including phenoxy) is 2. The minimum absolute atomic E-state index is 0.0540. The molecular formula is C22H25NO3. The van der Waals surface area contributed by atoms with Crippen LogP contribution < -0.4 is 9.47 Å². The van der Waals surface area contributed by atoms with Crippen LogP contribution in [0.25, 0.3) is 6.08 Å². The van der Waals surface area contributed by atoms with Gasteiger partial charge >= 0.3 is 0 Å². The van der Waals surface area contributed by atoms with Gasteiger partial charge in [0.15, 0.2) is 0 Å². The van der Waals surface area contributed by atoms with Crippen LogP contribution in [0.2, 0.25) is 0 Å². The molecule has 1 aliphatic heterocycles. The Balaban J connectivity index is 1.60. The van der Waals surface area contributed by atoms with Crippen LogP contribution in [0.1, 0.15) is 29.9 Å². The first-order chi connectivity index (χ1) is 12.7. The van der Waals surface area contributed by atoms with Gasteiger partial charge in [0.25, 0.3) is 0 Å². The molecular weight excluding hydrogens is 326 g/mol. The summed E-state index contributed by atoms with van der Waals surface area (Å²) in [6.07, 6.45) is 5.47. The Morgan fingerprint density at radius 1 is 1.00 bits per heavy atom. The zero-order chi connectivity index (χ0) is 18.4. The Morgan fingerprint density at radius 2 is 1.62 bits per heavy atom. The summed E-state index contributed by atoms with van der Waals surface area (Å²) in [5.74, 6) is 2.02. The predicted octanol–water partition coefficient (Wildman–Crippen LogP) is 4.12.